The van der Waals surface area contributed by atoms with Gasteiger partial charge in [0.2, 0.25) is 5.91 Å². The maximum absolute atomic E-state index is 13.4. The van der Waals surface area contributed by atoms with Crippen molar-refractivity contribution in [1.29, 1.82) is 0 Å². The number of nitrogens with one attached hydrogen (secondary N) is 2. The van der Waals surface area contributed by atoms with Gasteiger partial charge in [-0.2, -0.15) is 0 Å². The Bertz CT molecular complexity index is 970. The smallest absolute Gasteiger partial charge is 0.228 e. The van der Waals surface area contributed by atoms with E-state index in [-0.39, 0.29) is 11.8 Å². The van der Waals surface area contributed by atoms with Gasteiger partial charge in [0, 0.05) is 30.7 Å². The number of rotatable bonds is 5. The number of hydrogen-bond acceptors (Lipinski definition) is 2. The molecule has 2 aromatic carbocycles. The van der Waals surface area contributed by atoms with Gasteiger partial charge in [-0.25, -0.2) is 8.78 Å². The van der Waals surface area contributed by atoms with E-state index in [4.69, 9.17) is 0 Å². The summed E-state index contributed by atoms with van der Waals surface area (Å²) in [6, 6.07) is 15.6. The van der Waals surface area contributed by atoms with Crippen molar-refractivity contribution in [3.05, 3.63) is 78.0 Å². The fraction of sp³-hybridized carbons (Fsp3) is 0.261. The first kappa shape index (κ1) is 19.3. The van der Waals surface area contributed by atoms with Crippen LogP contribution in [0.25, 0.3) is 11.3 Å². The molecule has 150 valence electrons. The molecular formula is C23H23F2N3O. The van der Waals surface area contributed by atoms with Gasteiger partial charge in [0.15, 0.2) is 11.6 Å². The third-order valence-corrected chi connectivity index (χ3v) is 5.33. The average molecular weight is 395 g/mol. The first-order chi connectivity index (χ1) is 14.1. The SMILES string of the molecule is O=C(Nc1ccc(-c2ccc[nH]2)cc1)[C@H]1CCCN(Cc2ccc(F)c(F)c2)C1. The lowest BCUT2D eigenvalue weighted by Gasteiger charge is -2.32. The molecule has 0 radical (unpaired) electrons. The lowest BCUT2D eigenvalue weighted by atomic mass is 9.96. The maximum Gasteiger partial charge on any atom is 0.228 e. The van der Waals surface area contributed by atoms with E-state index in [9.17, 15) is 13.6 Å². The van der Waals surface area contributed by atoms with Gasteiger partial charge in [-0.05, 0) is 66.9 Å². The molecule has 1 aliphatic rings. The highest BCUT2D eigenvalue weighted by molar-refractivity contribution is 5.93. The maximum atomic E-state index is 13.4. The number of likely N-dealkylation sites (tertiary alicyclic amines) is 1. The van der Waals surface area contributed by atoms with Crippen molar-refractivity contribution in [3.63, 3.8) is 0 Å². The lowest BCUT2D eigenvalue weighted by Crippen LogP contribution is -2.40. The Morgan fingerprint density at radius 3 is 2.66 bits per heavy atom. The van der Waals surface area contributed by atoms with E-state index in [0.29, 0.717) is 18.7 Å². The van der Waals surface area contributed by atoms with E-state index < -0.39 is 11.6 Å². The van der Waals surface area contributed by atoms with Gasteiger partial charge < -0.3 is 10.3 Å². The van der Waals surface area contributed by atoms with Crippen LogP contribution >= 0.6 is 0 Å². The number of carbonyl (C=O) groups excluding carboxylic acids is 1. The molecule has 4 rings (SSSR count). The second kappa shape index (κ2) is 8.57. The van der Waals surface area contributed by atoms with Crippen molar-refractivity contribution in [1.82, 2.24) is 9.88 Å². The highest BCUT2D eigenvalue weighted by Gasteiger charge is 2.26. The molecule has 1 fully saturated rings. The number of hydrogen-bond donors (Lipinski definition) is 2. The average Bonchev–Trinajstić information content (AvgIpc) is 3.26. The molecule has 4 nitrogen and oxygen atoms in total. The van der Waals surface area contributed by atoms with Gasteiger partial charge in [-0.1, -0.05) is 18.2 Å². The van der Waals surface area contributed by atoms with Crippen LogP contribution in [0.3, 0.4) is 0 Å². The summed E-state index contributed by atoms with van der Waals surface area (Å²) in [5.74, 6) is -1.81. The molecule has 0 spiro atoms. The molecule has 0 bridgehead atoms. The van der Waals surface area contributed by atoms with Crippen LogP contribution in [0.1, 0.15) is 18.4 Å². The molecule has 29 heavy (non-hydrogen) atoms. The van der Waals surface area contributed by atoms with Crippen molar-refractivity contribution >= 4 is 11.6 Å². The molecule has 0 saturated carbocycles. The second-order valence-corrected chi connectivity index (χ2v) is 7.47. The van der Waals surface area contributed by atoms with Gasteiger partial charge in [0.05, 0.1) is 5.92 Å². The van der Waals surface area contributed by atoms with Crippen molar-refractivity contribution in [3.8, 4) is 11.3 Å². The number of nitrogens with zero attached hydrogens (tertiary/aromatic N) is 1. The molecule has 1 aliphatic heterocycles. The van der Waals surface area contributed by atoms with E-state index in [1.165, 1.54) is 6.07 Å². The quantitative estimate of drug-likeness (QED) is 0.651. The number of aromatic amines is 1. The summed E-state index contributed by atoms with van der Waals surface area (Å²) in [4.78, 5) is 18.0. The normalized spacial score (nSPS) is 17.2. The number of H-pyrrole nitrogens is 1. The minimum Gasteiger partial charge on any atom is -0.361 e. The first-order valence-electron chi connectivity index (χ1n) is 9.79. The zero-order valence-electron chi connectivity index (χ0n) is 16.0. The molecule has 2 N–H and O–H groups in total. The second-order valence-electron chi connectivity index (χ2n) is 7.47. The number of aromatic nitrogens is 1. The predicted octanol–water partition coefficient (Wildman–Crippen LogP) is 4.81. The van der Waals surface area contributed by atoms with Gasteiger partial charge >= 0.3 is 0 Å². The van der Waals surface area contributed by atoms with Crippen molar-refractivity contribution < 1.29 is 13.6 Å². The summed E-state index contributed by atoms with van der Waals surface area (Å²) in [7, 11) is 0. The molecule has 1 saturated heterocycles. The Labute approximate surface area is 168 Å². The number of benzene rings is 2. The van der Waals surface area contributed by atoms with Crippen LogP contribution in [0.4, 0.5) is 14.5 Å². The Hall–Kier alpha value is -2.99. The number of carbonyl (C=O) groups is 1. The predicted molar refractivity (Wildman–Crippen MR) is 109 cm³/mol. The number of anilines is 1. The third kappa shape index (κ3) is 4.71. The van der Waals surface area contributed by atoms with E-state index in [1.54, 1.807) is 6.07 Å². The van der Waals surface area contributed by atoms with Crippen LogP contribution in [0.5, 0.6) is 0 Å². The Morgan fingerprint density at radius 1 is 1.10 bits per heavy atom. The third-order valence-electron chi connectivity index (χ3n) is 5.33. The van der Waals surface area contributed by atoms with Crippen LogP contribution in [-0.2, 0) is 11.3 Å². The van der Waals surface area contributed by atoms with Crippen LogP contribution in [0, 0.1) is 17.6 Å². The van der Waals surface area contributed by atoms with Crippen LogP contribution in [0.15, 0.2) is 60.8 Å². The summed E-state index contributed by atoms with van der Waals surface area (Å²) in [5.41, 5.74) is 3.57. The van der Waals surface area contributed by atoms with Crippen LogP contribution in [0.2, 0.25) is 0 Å². The Balaban J connectivity index is 1.35. The van der Waals surface area contributed by atoms with E-state index >= 15 is 0 Å². The molecule has 6 heteroatoms. The fourth-order valence-corrected chi connectivity index (χ4v) is 3.80. The minimum atomic E-state index is -0.841. The first-order valence-corrected chi connectivity index (χ1v) is 9.79. The van der Waals surface area contributed by atoms with Crippen molar-refractivity contribution in [2.45, 2.75) is 19.4 Å². The molecule has 0 aliphatic carbocycles. The van der Waals surface area contributed by atoms with E-state index in [2.05, 4.69) is 15.2 Å². The van der Waals surface area contributed by atoms with Gasteiger partial charge in [0.25, 0.3) is 0 Å². The fourth-order valence-electron chi connectivity index (χ4n) is 3.80. The molecule has 1 aromatic heterocycles. The summed E-state index contributed by atoms with van der Waals surface area (Å²) >= 11 is 0. The molecule has 1 atom stereocenters. The van der Waals surface area contributed by atoms with Gasteiger partial charge in [-0.3, -0.25) is 9.69 Å². The Morgan fingerprint density at radius 2 is 1.93 bits per heavy atom. The summed E-state index contributed by atoms with van der Waals surface area (Å²) < 4.78 is 26.6. The van der Waals surface area contributed by atoms with Crippen LogP contribution < -0.4 is 5.32 Å². The number of amides is 1. The van der Waals surface area contributed by atoms with Crippen molar-refractivity contribution in [2.24, 2.45) is 5.92 Å². The highest BCUT2D eigenvalue weighted by atomic mass is 19.2. The molecule has 2 heterocycles. The van der Waals surface area contributed by atoms with Crippen LogP contribution in [-0.4, -0.2) is 28.9 Å². The Kier molecular flexibility index (Phi) is 5.71. The zero-order valence-corrected chi connectivity index (χ0v) is 16.0. The number of piperidine rings is 1. The van der Waals surface area contributed by atoms with Gasteiger partial charge in [-0.15, -0.1) is 0 Å². The minimum absolute atomic E-state index is 0.00684. The summed E-state index contributed by atoms with van der Waals surface area (Å²) in [5, 5.41) is 3.00. The largest absolute Gasteiger partial charge is 0.361 e. The molecule has 0 unspecified atom stereocenters. The topological polar surface area (TPSA) is 48.1 Å². The summed E-state index contributed by atoms with van der Waals surface area (Å²) in [6.45, 7) is 1.95. The molecule has 3 aromatic rings. The highest BCUT2D eigenvalue weighted by Crippen LogP contribution is 2.23. The van der Waals surface area contributed by atoms with E-state index in [0.717, 1.165) is 42.4 Å². The summed E-state index contributed by atoms with van der Waals surface area (Å²) in [6.07, 6.45) is 3.59. The monoisotopic (exact) mass is 395 g/mol. The van der Waals surface area contributed by atoms with Crippen molar-refractivity contribution in [2.75, 3.05) is 18.4 Å². The molecule has 1 amide bonds. The van der Waals surface area contributed by atoms with E-state index in [1.807, 2.05) is 42.6 Å². The number of halogens is 2. The standard InChI is InChI=1S/C23H23F2N3O/c24-20-10-5-16(13-21(20)25)14-28-12-2-3-18(15-28)23(29)27-19-8-6-17(7-9-19)22-4-1-11-26-22/h1,4-11,13,18,26H,2-3,12,14-15H2,(H,27,29)/t18-/m0/s1. The van der Waals surface area contributed by atoms with Gasteiger partial charge in [0.1, 0.15) is 0 Å². The zero-order chi connectivity index (χ0) is 20.2. The lowest BCUT2D eigenvalue weighted by molar-refractivity contribution is -0.121. The molecular weight excluding hydrogens is 372 g/mol.